The molecule has 0 bridgehead atoms. The molecule has 0 atom stereocenters. The molecule has 10 heteroatoms. The number of para-hydroxylation sites is 1. The van der Waals surface area contributed by atoms with Gasteiger partial charge in [0.05, 0.1) is 24.4 Å². The summed E-state index contributed by atoms with van der Waals surface area (Å²) in [5.41, 5.74) is 6.96. The number of ether oxygens (including phenoxy) is 3. The summed E-state index contributed by atoms with van der Waals surface area (Å²) in [6, 6.07) is 33.2. The summed E-state index contributed by atoms with van der Waals surface area (Å²) in [6.45, 7) is 5.04. The predicted octanol–water partition coefficient (Wildman–Crippen LogP) is 7.94. The number of hydrogen-bond acceptors (Lipinski definition) is 7. The topological polar surface area (TPSA) is 104 Å². The highest BCUT2D eigenvalue weighted by molar-refractivity contribution is 6.05. The molecule has 0 aliphatic carbocycles. The average Bonchev–Trinajstić information content (AvgIpc) is 3.74. The molecule has 10 nitrogen and oxygen atoms in total. The molecule has 0 saturated heterocycles. The molecular weight excluding hydrogens is 679 g/mol. The largest absolute Gasteiger partial charge is 0.493 e. The number of aryl methyl sites for hydroxylation is 2. The molecule has 0 unspecified atom stereocenters. The number of benzene rings is 4. The first kappa shape index (κ1) is 34.9. The number of aromatic amines is 1. The molecule has 1 N–H and O–H groups in total. The number of nitrogens with one attached hydrogen (secondary N) is 1. The van der Waals surface area contributed by atoms with Crippen molar-refractivity contribution in [1.82, 2.24) is 24.2 Å². The third kappa shape index (κ3) is 6.88. The minimum absolute atomic E-state index is 0.0968. The third-order valence-corrected chi connectivity index (χ3v) is 10.1. The molecule has 8 rings (SSSR count). The van der Waals surface area contributed by atoms with Crippen LogP contribution in [0.4, 0.5) is 0 Å². The molecule has 1 aliphatic heterocycles. The van der Waals surface area contributed by atoms with E-state index in [0.717, 1.165) is 80.6 Å². The van der Waals surface area contributed by atoms with Crippen LogP contribution in [0.5, 0.6) is 11.5 Å². The molecule has 4 heterocycles. The predicted molar refractivity (Wildman–Crippen MR) is 211 cm³/mol. The molecule has 274 valence electrons. The van der Waals surface area contributed by atoms with Crippen LogP contribution in [0.25, 0.3) is 38.5 Å². The number of carbonyl (C=O) groups excluding carboxylic acids is 1. The molecular formula is C44H43N5O5. The summed E-state index contributed by atoms with van der Waals surface area (Å²) in [7, 11) is 2.10. The number of fused-ring (bicyclic) bond motifs is 3. The van der Waals surface area contributed by atoms with Gasteiger partial charge >= 0.3 is 5.97 Å². The van der Waals surface area contributed by atoms with E-state index in [9.17, 15) is 9.59 Å². The number of rotatable bonds is 11. The van der Waals surface area contributed by atoms with Crippen molar-refractivity contribution in [1.29, 1.82) is 0 Å². The summed E-state index contributed by atoms with van der Waals surface area (Å²) >= 11 is 0. The Morgan fingerprint density at radius 1 is 0.870 bits per heavy atom. The molecule has 1 aliphatic rings. The average molecular weight is 722 g/mol. The fourth-order valence-electron chi connectivity index (χ4n) is 7.64. The van der Waals surface area contributed by atoms with E-state index in [-0.39, 0.29) is 24.7 Å². The molecule has 0 spiro atoms. The number of hydrogen-bond donors (Lipinski definition) is 1. The van der Waals surface area contributed by atoms with Crippen molar-refractivity contribution in [3.8, 4) is 28.3 Å². The van der Waals surface area contributed by atoms with Crippen molar-refractivity contribution in [2.45, 2.75) is 45.9 Å². The number of carbonyl (C=O) groups is 1. The van der Waals surface area contributed by atoms with Crippen LogP contribution in [0.1, 0.15) is 47.2 Å². The Morgan fingerprint density at radius 3 is 2.52 bits per heavy atom. The van der Waals surface area contributed by atoms with Gasteiger partial charge in [-0.05, 0) is 87.1 Å². The van der Waals surface area contributed by atoms with Crippen LogP contribution in [0, 0.1) is 0 Å². The number of nitrogens with zero attached hydrogens (tertiary/aromatic N) is 4. The van der Waals surface area contributed by atoms with Crippen LogP contribution < -0.4 is 15.0 Å². The Hall–Kier alpha value is -6.13. The van der Waals surface area contributed by atoms with Crippen molar-refractivity contribution in [2.24, 2.45) is 0 Å². The maximum absolute atomic E-state index is 13.9. The van der Waals surface area contributed by atoms with Crippen LogP contribution in [0.15, 0.2) is 114 Å². The van der Waals surface area contributed by atoms with E-state index < -0.39 is 0 Å². The lowest BCUT2D eigenvalue weighted by Gasteiger charge is -2.21. The third-order valence-electron chi connectivity index (χ3n) is 10.1. The smallest absolute Gasteiger partial charge is 0.355 e. The Balaban J connectivity index is 1.14. The number of esters is 1. The Kier molecular flexibility index (Phi) is 10.00. The number of aromatic nitrogens is 4. The van der Waals surface area contributed by atoms with Crippen molar-refractivity contribution in [3.05, 3.63) is 142 Å². The van der Waals surface area contributed by atoms with E-state index in [1.807, 2.05) is 61.5 Å². The van der Waals surface area contributed by atoms with E-state index >= 15 is 0 Å². The Morgan fingerprint density at radius 2 is 1.67 bits per heavy atom. The van der Waals surface area contributed by atoms with Gasteiger partial charge < -0.3 is 23.7 Å². The molecule has 0 amide bonds. The quantitative estimate of drug-likeness (QED) is 0.107. The van der Waals surface area contributed by atoms with Gasteiger partial charge in [0.25, 0.3) is 5.56 Å². The van der Waals surface area contributed by atoms with Gasteiger partial charge in [0, 0.05) is 52.9 Å². The number of H-pyrrole nitrogens is 1. The van der Waals surface area contributed by atoms with Gasteiger partial charge in [-0.1, -0.05) is 60.7 Å². The summed E-state index contributed by atoms with van der Waals surface area (Å²) in [5.74, 6) is 1.21. The van der Waals surface area contributed by atoms with E-state index in [4.69, 9.17) is 19.3 Å². The molecule has 0 fully saturated rings. The Labute approximate surface area is 313 Å². The summed E-state index contributed by atoms with van der Waals surface area (Å²) in [4.78, 5) is 28.5. The van der Waals surface area contributed by atoms with Crippen LogP contribution in [-0.2, 0) is 30.9 Å². The van der Waals surface area contributed by atoms with Crippen LogP contribution in [-0.4, -0.2) is 57.0 Å². The first-order valence-corrected chi connectivity index (χ1v) is 18.6. The van der Waals surface area contributed by atoms with Gasteiger partial charge in [-0.2, -0.15) is 5.10 Å². The highest BCUT2D eigenvalue weighted by Gasteiger charge is 2.28. The first-order valence-electron chi connectivity index (χ1n) is 18.6. The van der Waals surface area contributed by atoms with E-state index in [0.29, 0.717) is 37.6 Å². The number of pyridine rings is 1. The second-order valence-corrected chi connectivity index (χ2v) is 13.6. The van der Waals surface area contributed by atoms with Gasteiger partial charge in [-0.3, -0.25) is 14.5 Å². The van der Waals surface area contributed by atoms with E-state index in [1.54, 1.807) is 16.8 Å². The zero-order valence-corrected chi connectivity index (χ0v) is 30.6. The lowest BCUT2D eigenvalue weighted by molar-refractivity contribution is 0.0512. The van der Waals surface area contributed by atoms with Gasteiger partial charge in [0.15, 0.2) is 0 Å². The minimum Gasteiger partial charge on any atom is -0.493 e. The maximum Gasteiger partial charge on any atom is 0.355 e. The van der Waals surface area contributed by atoms with Crippen molar-refractivity contribution in [3.63, 3.8) is 0 Å². The van der Waals surface area contributed by atoms with Gasteiger partial charge in [-0.25, -0.2) is 4.79 Å². The van der Waals surface area contributed by atoms with Gasteiger partial charge in [-0.15, -0.1) is 0 Å². The molecule has 3 aromatic heterocycles. The zero-order valence-electron chi connectivity index (χ0n) is 30.6. The normalized spacial score (nSPS) is 13.1. The first-order chi connectivity index (χ1) is 26.5. The maximum atomic E-state index is 13.9. The standard InChI is InChI=1S/C44H43N5O5/c1-3-52-44(51)43-35(17-10-27-53-39-18-8-13-30-12-4-5-14-33(30)39)34-15-9-16-36-41-37(28-47(2)24-11-26-49(43)42(34)36)45-46-38(41)29-54-32-22-20-31(21-23-32)48-25-7-6-19-40(48)50/h4-9,12-16,18-23,25H,3,10-11,17,24,26-29H2,1-2H3,(H,45,46). The lowest BCUT2D eigenvalue weighted by atomic mass is 9.97. The molecule has 4 aromatic carbocycles. The van der Waals surface area contributed by atoms with Crippen molar-refractivity contribution in [2.75, 3.05) is 26.8 Å². The molecule has 7 aromatic rings. The summed E-state index contributed by atoms with van der Waals surface area (Å²) in [6.07, 6.45) is 3.96. The van der Waals surface area contributed by atoms with Crippen LogP contribution in [0.3, 0.4) is 0 Å². The fourth-order valence-corrected chi connectivity index (χ4v) is 7.64. The monoisotopic (exact) mass is 721 g/mol. The highest BCUT2D eigenvalue weighted by atomic mass is 16.5. The minimum atomic E-state index is -0.313. The van der Waals surface area contributed by atoms with Gasteiger partial charge in [0.2, 0.25) is 0 Å². The molecule has 54 heavy (non-hydrogen) atoms. The van der Waals surface area contributed by atoms with Crippen LogP contribution in [0.2, 0.25) is 0 Å². The summed E-state index contributed by atoms with van der Waals surface area (Å²) < 4.78 is 22.2. The Bertz CT molecular complexity index is 2490. The second kappa shape index (κ2) is 15.5. The summed E-state index contributed by atoms with van der Waals surface area (Å²) in [5, 5.41) is 11.4. The van der Waals surface area contributed by atoms with E-state index in [1.165, 1.54) is 6.07 Å². The van der Waals surface area contributed by atoms with E-state index in [2.05, 4.69) is 58.0 Å². The lowest BCUT2D eigenvalue weighted by Crippen LogP contribution is -2.23. The molecule has 0 radical (unpaired) electrons. The molecule has 0 saturated carbocycles. The van der Waals surface area contributed by atoms with Crippen LogP contribution >= 0.6 is 0 Å². The zero-order chi connectivity index (χ0) is 37.0. The van der Waals surface area contributed by atoms with Crippen molar-refractivity contribution >= 4 is 27.6 Å². The second-order valence-electron chi connectivity index (χ2n) is 13.6. The highest BCUT2D eigenvalue weighted by Crippen LogP contribution is 2.39. The van der Waals surface area contributed by atoms with Gasteiger partial charge in [0.1, 0.15) is 29.5 Å². The SMILES string of the molecule is CCOC(=O)c1c(CCCOc2cccc3ccccc23)c2cccc3c2n1CCCN(C)Cc1[nH]nc(COc2ccc(-n4ccccc4=O)cc2)c1-3. The fraction of sp³-hybridized carbons (Fsp3) is 0.250. The van der Waals surface area contributed by atoms with Crippen molar-refractivity contribution < 1.29 is 19.0 Å².